The molecule has 0 spiro atoms. The minimum Gasteiger partial charge on any atom is -0.368 e. The van der Waals surface area contributed by atoms with Crippen molar-refractivity contribution in [1.29, 1.82) is 0 Å². The Bertz CT molecular complexity index is 594. The summed E-state index contributed by atoms with van der Waals surface area (Å²) in [6.45, 7) is 0.542. The van der Waals surface area contributed by atoms with Crippen LogP contribution in [0.15, 0.2) is 30.3 Å². The predicted molar refractivity (Wildman–Crippen MR) is 78.6 cm³/mol. The lowest BCUT2D eigenvalue weighted by molar-refractivity contribution is 0.0963. The van der Waals surface area contributed by atoms with E-state index in [1.54, 1.807) is 25.2 Å². The second-order valence-electron chi connectivity index (χ2n) is 4.06. The molecule has 0 bridgehead atoms. The van der Waals surface area contributed by atoms with E-state index in [1.165, 1.54) is 0 Å². The van der Waals surface area contributed by atoms with Crippen LogP contribution in [0.5, 0.6) is 0 Å². The number of carbonyl (C=O) groups excluding carboxylic acids is 1. The van der Waals surface area contributed by atoms with Gasteiger partial charge in [-0.15, -0.1) is 0 Å². The maximum Gasteiger partial charge on any atom is 0.251 e. The molecule has 104 valence electrons. The molecule has 0 aliphatic rings. The first-order valence-corrected chi connectivity index (χ1v) is 6.31. The fourth-order valence-electron chi connectivity index (χ4n) is 1.64. The number of hydrogen-bond donors (Lipinski definition) is 3. The Kier molecular flexibility index (Phi) is 4.37. The molecule has 2 aromatic rings. The highest BCUT2D eigenvalue weighted by molar-refractivity contribution is 6.29. The average molecular weight is 292 g/mol. The normalized spacial score (nSPS) is 10.1. The summed E-state index contributed by atoms with van der Waals surface area (Å²) in [7, 11) is 1.60. The Morgan fingerprint density at radius 1 is 1.30 bits per heavy atom. The van der Waals surface area contributed by atoms with Gasteiger partial charge in [-0.3, -0.25) is 4.79 Å². The van der Waals surface area contributed by atoms with Crippen LogP contribution in [0.2, 0.25) is 5.15 Å². The van der Waals surface area contributed by atoms with Crippen molar-refractivity contribution < 1.29 is 4.79 Å². The maximum atomic E-state index is 11.4. The number of rotatable bonds is 4. The topological polar surface area (TPSA) is 92.9 Å². The third-order valence-electron chi connectivity index (χ3n) is 2.63. The fraction of sp³-hybridized carbons (Fsp3) is 0.154. The maximum absolute atomic E-state index is 11.4. The lowest BCUT2D eigenvalue weighted by Crippen LogP contribution is -2.17. The van der Waals surface area contributed by atoms with Crippen molar-refractivity contribution in [2.45, 2.75) is 6.54 Å². The molecule has 1 aromatic heterocycles. The summed E-state index contributed by atoms with van der Waals surface area (Å²) in [4.78, 5) is 19.2. The van der Waals surface area contributed by atoms with Crippen molar-refractivity contribution in [3.63, 3.8) is 0 Å². The van der Waals surface area contributed by atoms with Crippen LogP contribution in [0, 0.1) is 0 Å². The summed E-state index contributed by atoms with van der Waals surface area (Å²) in [5, 5.41) is 5.95. The van der Waals surface area contributed by atoms with Crippen LogP contribution in [0.3, 0.4) is 0 Å². The molecule has 2 rings (SSSR count). The Morgan fingerprint density at radius 2 is 2.00 bits per heavy atom. The van der Waals surface area contributed by atoms with E-state index in [2.05, 4.69) is 20.6 Å². The number of halogens is 1. The number of benzene rings is 1. The summed E-state index contributed by atoms with van der Waals surface area (Å²) >= 11 is 5.79. The first kappa shape index (κ1) is 14.1. The molecular formula is C13H14ClN5O. The molecule has 0 fully saturated rings. The minimum absolute atomic E-state index is 0.111. The lowest BCUT2D eigenvalue weighted by atomic mass is 10.1. The van der Waals surface area contributed by atoms with Crippen LogP contribution in [0.4, 0.5) is 11.8 Å². The Morgan fingerprint density at radius 3 is 2.60 bits per heavy atom. The first-order chi connectivity index (χ1) is 9.58. The number of nitrogens with one attached hydrogen (secondary N) is 2. The molecule has 0 aliphatic carbocycles. The number of nitrogens with two attached hydrogens (primary N) is 1. The van der Waals surface area contributed by atoms with Crippen molar-refractivity contribution in [3.8, 4) is 0 Å². The molecule has 20 heavy (non-hydrogen) atoms. The molecule has 0 atom stereocenters. The monoisotopic (exact) mass is 291 g/mol. The molecule has 1 aromatic carbocycles. The number of nitrogen functional groups attached to an aromatic ring is 1. The van der Waals surface area contributed by atoms with Gasteiger partial charge in [-0.25, -0.2) is 4.98 Å². The second-order valence-corrected chi connectivity index (χ2v) is 4.45. The van der Waals surface area contributed by atoms with Gasteiger partial charge in [0.15, 0.2) is 0 Å². The molecule has 7 heteroatoms. The highest BCUT2D eigenvalue weighted by atomic mass is 35.5. The minimum atomic E-state index is -0.111. The highest BCUT2D eigenvalue weighted by Gasteiger charge is 2.03. The fourth-order valence-corrected chi connectivity index (χ4v) is 1.83. The van der Waals surface area contributed by atoms with Crippen molar-refractivity contribution in [3.05, 3.63) is 46.6 Å². The molecule has 4 N–H and O–H groups in total. The predicted octanol–water partition coefficient (Wildman–Crippen LogP) is 1.68. The summed E-state index contributed by atoms with van der Waals surface area (Å²) in [6.07, 6.45) is 0. The number of anilines is 2. The van der Waals surface area contributed by atoms with Crippen molar-refractivity contribution in [2.75, 3.05) is 18.1 Å². The van der Waals surface area contributed by atoms with E-state index in [1.807, 2.05) is 12.1 Å². The van der Waals surface area contributed by atoms with Gasteiger partial charge in [0.1, 0.15) is 11.0 Å². The molecular weight excluding hydrogens is 278 g/mol. The van der Waals surface area contributed by atoms with E-state index in [0.29, 0.717) is 17.9 Å². The molecule has 0 saturated heterocycles. The first-order valence-electron chi connectivity index (χ1n) is 5.93. The molecule has 1 amide bonds. The van der Waals surface area contributed by atoms with Gasteiger partial charge in [0.25, 0.3) is 5.91 Å². The van der Waals surface area contributed by atoms with Gasteiger partial charge in [0.2, 0.25) is 5.95 Å². The third-order valence-corrected chi connectivity index (χ3v) is 2.82. The zero-order valence-corrected chi connectivity index (χ0v) is 11.6. The average Bonchev–Trinajstić information content (AvgIpc) is 2.44. The highest BCUT2D eigenvalue weighted by Crippen LogP contribution is 2.13. The van der Waals surface area contributed by atoms with Gasteiger partial charge < -0.3 is 16.4 Å². The van der Waals surface area contributed by atoms with Crippen LogP contribution >= 0.6 is 11.6 Å². The van der Waals surface area contributed by atoms with Crippen LogP contribution in [-0.4, -0.2) is 22.9 Å². The van der Waals surface area contributed by atoms with Gasteiger partial charge in [-0.05, 0) is 17.7 Å². The van der Waals surface area contributed by atoms with E-state index in [4.69, 9.17) is 17.3 Å². The van der Waals surface area contributed by atoms with Crippen molar-refractivity contribution in [2.24, 2.45) is 0 Å². The summed E-state index contributed by atoms with van der Waals surface area (Å²) < 4.78 is 0. The van der Waals surface area contributed by atoms with Crippen LogP contribution in [-0.2, 0) is 6.54 Å². The Hall–Kier alpha value is -2.34. The Balaban J connectivity index is 2.02. The smallest absolute Gasteiger partial charge is 0.251 e. The molecule has 1 heterocycles. The summed E-state index contributed by atoms with van der Waals surface area (Å²) in [6, 6.07) is 8.85. The zero-order valence-electron chi connectivity index (χ0n) is 10.9. The SMILES string of the molecule is CNC(=O)c1ccc(CNc2cc(Cl)nc(N)n2)cc1. The quantitative estimate of drug-likeness (QED) is 0.745. The molecule has 0 saturated carbocycles. The van der Waals surface area contributed by atoms with E-state index in [0.717, 1.165) is 5.56 Å². The number of amides is 1. The van der Waals surface area contributed by atoms with Crippen LogP contribution in [0.25, 0.3) is 0 Å². The number of hydrogen-bond acceptors (Lipinski definition) is 5. The zero-order chi connectivity index (χ0) is 14.5. The Labute approximate surface area is 121 Å². The van der Waals surface area contributed by atoms with Gasteiger partial charge in [-0.1, -0.05) is 23.7 Å². The van der Waals surface area contributed by atoms with E-state index >= 15 is 0 Å². The van der Waals surface area contributed by atoms with Gasteiger partial charge >= 0.3 is 0 Å². The van der Waals surface area contributed by atoms with Gasteiger partial charge in [0.05, 0.1) is 0 Å². The lowest BCUT2D eigenvalue weighted by Gasteiger charge is -2.07. The molecule has 0 aliphatic heterocycles. The van der Waals surface area contributed by atoms with Crippen molar-refractivity contribution in [1.82, 2.24) is 15.3 Å². The third kappa shape index (κ3) is 3.58. The number of aromatic nitrogens is 2. The standard InChI is InChI=1S/C13H14ClN5O/c1-16-12(20)9-4-2-8(3-5-9)7-17-11-6-10(14)18-13(15)19-11/h2-6H,7H2,1H3,(H,16,20)(H3,15,17,18,19). The van der Waals surface area contributed by atoms with Crippen LogP contribution in [0.1, 0.15) is 15.9 Å². The van der Waals surface area contributed by atoms with E-state index in [-0.39, 0.29) is 17.0 Å². The molecule has 0 radical (unpaired) electrons. The van der Waals surface area contributed by atoms with E-state index < -0.39 is 0 Å². The largest absolute Gasteiger partial charge is 0.368 e. The van der Waals surface area contributed by atoms with Crippen LogP contribution < -0.4 is 16.4 Å². The molecule has 6 nitrogen and oxygen atoms in total. The summed E-state index contributed by atoms with van der Waals surface area (Å²) in [5.74, 6) is 0.563. The number of nitrogens with zero attached hydrogens (tertiary/aromatic N) is 2. The van der Waals surface area contributed by atoms with Crippen molar-refractivity contribution >= 4 is 29.3 Å². The molecule has 0 unspecified atom stereocenters. The van der Waals surface area contributed by atoms with Gasteiger partial charge in [-0.2, -0.15) is 4.98 Å². The second kappa shape index (κ2) is 6.21. The summed E-state index contributed by atoms with van der Waals surface area (Å²) in [5.41, 5.74) is 7.13. The number of carbonyl (C=O) groups is 1. The van der Waals surface area contributed by atoms with Gasteiger partial charge in [0, 0.05) is 25.2 Å². The van der Waals surface area contributed by atoms with E-state index in [9.17, 15) is 4.79 Å².